The van der Waals surface area contributed by atoms with Crippen LogP contribution < -0.4 is 19.9 Å². The van der Waals surface area contributed by atoms with Crippen molar-refractivity contribution in [2.45, 2.75) is 0 Å². The summed E-state index contributed by atoms with van der Waals surface area (Å²) >= 11 is 0. The van der Waals surface area contributed by atoms with E-state index in [4.69, 9.17) is 19.9 Å². The van der Waals surface area contributed by atoms with Crippen LogP contribution in [0.15, 0.2) is 30.5 Å². The van der Waals surface area contributed by atoms with Gasteiger partial charge in [0.2, 0.25) is 5.75 Å². The average Bonchev–Trinajstić information content (AvgIpc) is 2.46. The van der Waals surface area contributed by atoms with Crippen LogP contribution in [0.25, 0.3) is 11.1 Å². The van der Waals surface area contributed by atoms with E-state index < -0.39 is 0 Å². The van der Waals surface area contributed by atoms with E-state index in [2.05, 4.69) is 4.98 Å². The van der Waals surface area contributed by atoms with E-state index in [9.17, 15) is 0 Å². The summed E-state index contributed by atoms with van der Waals surface area (Å²) in [5, 5.41) is 0. The maximum Gasteiger partial charge on any atom is 0.203 e. The standard InChI is InChI=1S/C14H16N2O3/c1-17-11-7-9(8-12(18-2)13(11)19-3)10-5-4-6-16-14(10)15/h4-8H,1-3H3,(H2,15,16). The van der Waals surface area contributed by atoms with E-state index in [0.717, 1.165) is 11.1 Å². The van der Waals surface area contributed by atoms with Crippen LogP contribution in [0.1, 0.15) is 0 Å². The molecule has 0 amide bonds. The number of ether oxygens (including phenoxy) is 3. The lowest BCUT2D eigenvalue weighted by Gasteiger charge is -2.14. The molecule has 2 rings (SSSR count). The summed E-state index contributed by atoms with van der Waals surface area (Å²) in [6.07, 6.45) is 1.65. The normalized spacial score (nSPS) is 10.1. The van der Waals surface area contributed by atoms with Crippen LogP contribution in [-0.2, 0) is 0 Å². The highest BCUT2D eigenvalue weighted by Gasteiger charge is 2.15. The summed E-state index contributed by atoms with van der Waals surface area (Å²) in [4.78, 5) is 4.07. The molecule has 19 heavy (non-hydrogen) atoms. The number of anilines is 1. The van der Waals surface area contributed by atoms with Crippen LogP contribution in [0.5, 0.6) is 17.2 Å². The van der Waals surface area contributed by atoms with Crippen molar-refractivity contribution < 1.29 is 14.2 Å². The quantitative estimate of drug-likeness (QED) is 0.914. The van der Waals surface area contributed by atoms with Crippen molar-refractivity contribution >= 4 is 5.82 Å². The van der Waals surface area contributed by atoms with Crippen molar-refractivity contribution in [1.82, 2.24) is 4.98 Å². The lowest BCUT2D eigenvalue weighted by molar-refractivity contribution is 0.324. The SMILES string of the molecule is COc1cc(-c2cccnc2N)cc(OC)c1OC. The van der Waals surface area contributed by atoms with Gasteiger partial charge in [-0.3, -0.25) is 0 Å². The van der Waals surface area contributed by atoms with Crippen LogP contribution in [0.4, 0.5) is 5.82 Å². The summed E-state index contributed by atoms with van der Waals surface area (Å²) in [6, 6.07) is 7.40. The third-order valence-electron chi connectivity index (χ3n) is 2.81. The van der Waals surface area contributed by atoms with Gasteiger partial charge in [0.15, 0.2) is 11.5 Å². The zero-order valence-corrected chi connectivity index (χ0v) is 11.1. The Balaban J connectivity index is 2.63. The molecule has 1 heterocycles. The lowest BCUT2D eigenvalue weighted by atomic mass is 10.1. The third-order valence-corrected chi connectivity index (χ3v) is 2.81. The molecule has 0 saturated carbocycles. The van der Waals surface area contributed by atoms with Crippen LogP contribution in [0.3, 0.4) is 0 Å². The van der Waals surface area contributed by atoms with Gasteiger partial charge in [0, 0.05) is 11.8 Å². The van der Waals surface area contributed by atoms with Gasteiger partial charge in [-0.2, -0.15) is 0 Å². The number of nitrogens with zero attached hydrogens (tertiary/aromatic N) is 1. The summed E-state index contributed by atoms with van der Waals surface area (Å²) in [5.74, 6) is 2.17. The number of hydrogen-bond acceptors (Lipinski definition) is 5. The van der Waals surface area contributed by atoms with Crippen LogP contribution in [0.2, 0.25) is 0 Å². The van der Waals surface area contributed by atoms with Crippen LogP contribution in [-0.4, -0.2) is 26.3 Å². The monoisotopic (exact) mass is 260 g/mol. The average molecular weight is 260 g/mol. The molecule has 2 aromatic rings. The number of aromatic nitrogens is 1. The van der Waals surface area contributed by atoms with E-state index in [0.29, 0.717) is 23.1 Å². The van der Waals surface area contributed by atoms with Crippen molar-refractivity contribution in [3.05, 3.63) is 30.5 Å². The Bertz CT molecular complexity index is 560. The zero-order valence-electron chi connectivity index (χ0n) is 11.1. The molecule has 0 saturated heterocycles. The number of pyridine rings is 1. The summed E-state index contributed by atoms with van der Waals surface area (Å²) in [5.41, 5.74) is 7.56. The predicted octanol–water partition coefficient (Wildman–Crippen LogP) is 2.36. The van der Waals surface area contributed by atoms with Crippen LogP contribution >= 0.6 is 0 Å². The predicted molar refractivity (Wildman–Crippen MR) is 73.7 cm³/mol. The number of nitrogens with two attached hydrogens (primary N) is 1. The van der Waals surface area contributed by atoms with E-state index >= 15 is 0 Å². The molecule has 0 unspecified atom stereocenters. The summed E-state index contributed by atoms with van der Waals surface area (Å²) in [6.45, 7) is 0. The molecule has 2 N–H and O–H groups in total. The zero-order chi connectivity index (χ0) is 13.8. The minimum absolute atomic E-state index is 0.455. The minimum Gasteiger partial charge on any atom is -0.493 e. The largest absolute Gasteiger partial charge is 0.493 e. The lowest BCUT2D eigenvalue weighted by Crippen LogP contribution is -1.97. The number of hydrogen-bond donors (Lipinski definition) is 1. The second kappa shape index (κ2) is 5.48. The van der Waals surface area contributed by atoms with Gasteiger partial charge in [-0.25, -0.2) is 4.98 Å². The van der Waals surface area contributed by atoms with Gasteiger partial charge in [-0.15, -0.1) is 0 Å². The van der Waals surface area contributed by atoms with E-state index in [1.807, 2.05) is 24.3 Å². The highest BCUT2D eigenvalue weighted by Crippen LogP contribution is 2.41. The molecule has 0 fully saturated rings. The maximum atomic E-state index is 5.88. The molecule has 5 heteroatoms. The molecule has 5 nitrogen and oxygen atoms in total. The molecule has 0 radical (unpaired) electrons. The second-order valence-electron chi connectivity index (χ2n) is 3.85. The highest BCUT2D eigenvalue weighted by atomic mass is 16.5. The molecule has 0 atom stereocenters. The first-order valence-electron chi connectivity index (χ1n) is 5.72. The summed E-state index contributed by atoms with van der Waals surface area (Å²) < 4.78 is 15.9. The molecule has 0 bridgehead atoms. The van der Waals surface area contributed by atoms with Crippen molar-refractivity contribution in [1.29, 1.82) is 0 Å². The van der Waals surface area contributed by atoms with Crippen molar-refractivity contribution in [3.8, 4) is 28.4 Å². The Morgan fingerprint density at radius 2 is 1.63 bits per heavy atom. The smallest absolute Gasteiger partial charge is 0.203 e. The Hall–Kier alpha value is -2.43. The van der Waals surface area contributed by atoms with E-state index in [1.54, 1.807) is 27.5 Å². The Kier molecular flexibility index (Phi) is 3.75. The Morgan fingerprint density at radius 3 is 2.11 bits per heavy atom. The topological polar surface area (TPSA) is 66.6 Å². The molecule has 1 aromatic carbocycles. The fraction of sp³-hybridized carbons (Fsp3) is 0.214. The minimum atomic E-state index is 0.455. The molecular formula is C14H16N2O3. The van der Waals surface area contributed by atoms with E-state index in [-0.39, 0.29) is 0 Å². The molecule has 1 aromatic heterocycles. The first kappa shape index (κ1) is 13.0. The van der Waals surface area contributed by atoms with Gasteiger partial charge in [0.25, 0.3) is 0 Å². The number of nitrogen functional groups attached to an aromatic ring is 1. The summed E-state index contributed by atoms with van der Waals surface area (Å²) in [7, 11) is 4.72. The van der Waals surface area contributed by atoms with Crippen LogP contribution in [0, 0.1) is 0 Å². The fourth-order valence-corrected chi connectivity index (χ4v) is 1.90. The Morgan fingerprint density at radius 1 is 1.00 bits per heavy atom. The number of benzene rings is 1. The van der Waals surface area contributed by atoms with Crippen molar-refractivity contribution in [2.24, 2.45) is 0 Å². The van der Waals surface area contributed by atoms with Gasteiger partial charge in [0.05, 0.1) is 21.3 Å². The van der Waals surface area contributed by atoms with Crippen molar-refractivity contribution in [3.63, 3.8) is 0 Å². The van der Waals surface area contributed by atoms with Gasteiger partial charge in [-0.05, 0) is 29.8 Å². The fourth-order valence-electron chi connectivity index (χ4n) is 1.90. The van der Waals surface area contributed by atoms with Gasteiger partial charge >= 0.3 is 0 Å². The molecule has 0 aliphatic carbocycles. The van der Waals surface area contributed by atoms with Gasteiger partial charge in [-0.1, -0.05) is 0 Å². The molecule has 100 valence electrons. The molecule has 0 aliphatic rings. The molecular weight excluding hydrogens is 244 g/mol. The highest BCUT2D eigenvalue weighted by molar-refractivity contribution is 5.77. The third kappa shape index (κ3) is 2.40. The molecule has 0 spiro atoms. The van der Waals surface area contributed by atoms with Gasteiger partial charge in [0.1, 0.15) is 5.82 Å². The number of methoxy groups -OCH3 is 3. The van der Waals surface area contributed by atoms with Crippen molar-refractivity contribution in [2.75, 3.05) is 27.1 Å². The molecule has 0 aliphatic heterocycles. The Labute approximate surface area is 111 Å². The second-order valence-corrected chi connectivity index (χ2v) is 3.85. The maximum absolute atomic E-state index is 5.88. The first-order valence-corrected chi connectivity index (χ1v) is 5.72. The van der Waals surface area contributed by atoms with Gasteiger partial charge < -0.3 is 19.9 Å². The number of rotatable bonds is 4. The van der Waals surface area contributed by atoms with E-state index in [1.165, 1.54) is 0 Å². The first-order chi connectivity index (χ1) is 9.21.